The molecule has 0 aromatic carbocycles. The molecule has 84 valence electrons. The van der Waals surface area contributed by atoms with E-state index in [1.165, 1.54) is 5.54 Å². The van der Waals surface area contributed by atoms with Gasteiger partial charge in [0.15, 0.2) is 6.33 Å². The third-order valence-corrected chi connectivity index (χ3v) is 0.225. The maximum absolute atomic E-state index is 10.3. The zero-order valence-electron chi connectivity index (χ0n) is 6.39. The lowest BCUT2D eigenvalue weighted by Gasteiger charge is -1.69. The van der Waals surface area contributed by atoms with Crippen molar-refractivity contribution in [2.45, 2.75) is 0 Å². The van der Waals surface area contributed by atoms with Crippen LogP contribution in [0.4, 0.5) is 30.7 Å². The van der Waals surface area contributed by atoms with E-state index in [0.29, 0.717) is 0 Å². The number of hydrogen-bond donors (Lipinski definition) is 0. The van der Waals surface area contributed by atoms with Crippen molar-refractivity contribution in [1.29, 1.82) is 0 Å². The van der Waals surface area contributed by atoms with Crippen LogP contribution in [0.2, 0.25) is 0 Å². The molecule has 0 atom stereocenters. The van der Waals surface area contributed by atoms with Gasteiger partial charge in [-0.25, -0.2) is 4.39 Å². The van der Waals surface area contributed by atoms with Crippen LogP contribution in [0.5, 0.6) is 0 Å². The van der Waals surface area contributed by atoms with Gasteiger partial charge in [-0.1, -0.05) is 18.2 Å². The Morgan fingerprint density at radius 3 is 1.07 bits per heavy atom. The molecule has 0 saturated carbocycles. The molecule has 0 aliphatic heterocycles. The summed E-state index contributed by atoms with van der Waals surface area (Å²) in [5, 5.41) is 0. The Morgan fingerprint density at radius 1 is 0.929 bits per heavy atom. The molecule has 0 saturated heterocycles. The van der Waals surface area contributed by atoms with Crippen molar-refractivity contribution in [3.63, 3.8) is 0 Å². The molecule has 0 aromatic rings. The summed E-state index contributed by atoms with van der Waals surface area (Å²) >= 11 is 4.76. The Labute approximate surface area is 80.0 Å². The zero-order chi connectivity index (χ0) is 12.1. The second-order valence-electron chi connectivity index (χ2n) is 1.07. The maximum atomic E-state index is 10.3. The standard InChI is InChI=1S/C2H3Cl.C2F4.C2HF3/c1-2-3;3-1(4)2(5)6;3-1-2(4)5/h2H,1H2;;1H. The first-order valence-electron chi connectivity index (χ1n) is 2.52. The monoisotopic (exact) mass is 244 g/mol. The molecular formula is C6H4ClF7. The van der Waals surface area contributed by atoms with Crippen LogP contribution in [0.25, 0.3) is 0 Å². The largest absolute Gasteiger partial charge is 0.334 e. The van der Waals surface area contributed by atoms with Crippen molar-refractivity contribution in [3.8, 4) is 0 Å². The van der Waals surface area contributed by atoms with E-state index in [4.69, 9.17) is 11.6 Å². The first-order valence-corrected chi connectivity index (χ1v) is 2.95. The quantitative estimate of drug-likeness (QED) is 0.523. The number of halogens is 8. The zero-order valence-corrected chi connectivity index (χ0v) is 7.14. The van der Waals surface area contributed by atoms with Crippen LogP contribution >= 0.6 is 11.6 Å². The highest BCUT2D eigenvalue weighted by Crippen LogP contribution is 2.08. The SMILES string of the molecule is C=CCl.FC(F)=C(F)F.FC=C(F)F. The van der Waals surface area contributed by atoms with Gasteiger partial charge in [0, 0.05) is 0 Å². The average Bonchev–Trinajstić information content (AvgIpc) is 2.06. The summed E-state index contributed by atoms with van der Waals surface area (Å²) in [5.74, 6) is 0. The van der Waals surface area contributed by atoms with E-state index < -0.39 is 24.6 Å². The van der Waals surface area contributed by atoms with Crippen molar-refractivity contribution in [3.05, 3.63) is 36.7 Å². The molecular weight excluding hydrogens is 241 g/mol. The van der Waals surface area contributed by atoms with Crippen molar-refractivity contribution < 1.29 is 30.7 Å². The second kappa shape index (κ2) is 14.5. The lowest BCUT2D eigenvalue weighted by atomic mass is 11.1. The van der Waals surface area contributed by atoms with Gasteiger partial charge in [-0.2, -0.15) is 26.3 Å². The molecule has 0 amide bonds. The van der Waals surface area contributed by atoms with E-state index >= 15 is 0 Å². The molecule has 0 heterocycles. The minimum absolute atomic E-state index is 0.750. The minimum atomic E-state index is -2.91. The van der Waals surface area contributed by atoms with Crippen LogP contribution in [0.3, 0.4) is 0 Å². The maximum Gasteiger partial charge on any atom is 0.334 e. The van der Waals surface area contributed by atoms with Crippen LogP contribution in [0.15, 0.2) is 36.7 Å². The fraction of sp³-hybridized carbons (Fsp3) is 0. The van der Waals surface area contributed by atoms with Gasteiger partial charge < -0.3 is 0 Å². The van der Waals surface area contributed by atoms with Crippen LogP contribution in [-0.4, -0.2) is 0 Å². The van der Waals surface area contributed by atoms with Crippen LogP contribution < -0.4 is 0 Å². The van der Waals surface area contributed by atoms with Crippen LogP contribution in [0, 0.1) is 0 Å². The average molecular weight is 245 g/mol. The van der Waals surface area contributed by atoms with E-state index in [9.17, 15) is 30.7 Å². The number of rotatable bonds is 0. The summed E-state index contributed by atoms with van der Waals surface area (Å²) in [6.45, 7) is 3.13. The van der Waals surface area contributed by atoms with Crippen LogP contribution in [0.1, 0.15) is 0 Å². The molecule has 0 aliphatic carbocycles. The third-order valence-electron chi connectivity index (χ3n) is 0.225. The van der Waals surface area contributed by atoms with Crippen molar-refractivity contribution in [2.75, 3.05) is 0 Å². The summed E-state index contributed by atoms with van der Waals surface area (Å²) in [5.41, 5.74) is 1.22. The first-order chi connectivity index (χ1) is 6.33. The van der Waals surface area contributed by atoms with Gasteiger partial charge in [0.2, 0.25) is 0 Å². The third kappa shape index (κ3) is 43.9. The van der Waals surface area contributed by atoms with E-state index in [0.717, 1.165) is 0 Å². The van der Waals surface area contributed by atoms with Gasteiger partial charge in [-0.3, -0.25) is 0 Å². The fourth-order valence-electron chi connectivity index (χ4n) is 0. The predicted molar refractivity (Wildman–Crippen MR) is 38.9 cm³/mol. The second-order valence-corrected chi connectivity index (χ2v) is 1.38. The summed E-state index contributed by atoms with van der Waals surface area (Å²) < 4.78 is 71.9. The van der Waals surface area contributed by atoms with Gasteiger partial charge in [0.1, 0.15) is 0 Å². The molecule has 8 heteroatoms. The molecule has 14 heavy (non-hydrogen) atoms. The smallest absolute Gasteiger partial charge is 0.210 e. The molecule has 0 rings (SSSR count). The Kier molecular flexibility index (Phi) is 19.5. The number of hydrogen-bond acceptors (Lipinski definition) is 0. The summed E-state index contributed by atoms with van der Waals surface area (Å²) in [4.78, 5) is 0. The van der Waals surface area contributed by atoms with Gasteiger partial charge >= 0.3 is 12.2 Å². The lowest BCUT2D eigenvalue weighted by Crippen LogP contribution is -1.56. The molecule has 0 spiro atoms. The Balaban J connectivity index is -0.000000138. The van der Waals surface area contributed by atoms with Crippen molar-refractivity contribution in [1.82, 2.24) is 0 Å². The normalized spacial score (nSPS) is 6.86. The molecule has 0 radical (unpaired) electrons. The topological polar surface area (TPSA) is 0 Å². The fourth-order valence-corrected chi connectivity index (χ4v) is 0. The highest BCUT2D eigenvalue weighted by molar-refractivity contribution is 6.25. The van der Waals surface area contributed by atoms with E-state index in [2.05, 4.69) is 6.58 Å². The minimum Gasteiger partial charge on any atom is -0.210 e. The summed E-state index contributed by atoms with van der Waals surface area (Å²) in [6, 6.07) is 0. The summed E-state index contributed by atoms with van der Waals surface area (Å²) in [7, 11) is 0. The van der Waals surface area contributed by atoms with Gasteiger partial charge in [-0.05, 0) is 5.54 Å². The van der Waals surface area contributed by atoms with Gasteiger partial charge in [0.25, 0.3) is 6.08 Å². The molecule has 0 unspecified atom stereocenters. The molecule has 0 fully saturated rings. The molecule has 0 aliphatic rings. The highest BCUT2D eigenvalue weighted by atomic mass is 35.5. The van der Waals surface area contributed by atoms with E-state index in [-0.39, 0.29) is 0 Å². The Bertz CT molecular complexity index is 176. The highest BCUT2D eigenvalue weighted by Gasteiger charge is 1.98. The van der Waals surface area contributed by atoms with E-state index in [1.807, 2.05) is 0 Å². The predicted octanol–water partition coefficient (Wildman–Crippen LogP) is 5.05. The van der Waals surface area contributed by atoms with Crippen molar-refractivity contribution >= 4 is 11.6 Å². The summed E-state index contributed by atoms with van der Waals surface area (Å²) in [6.07, 6.45) is -8.85. The molecule has 0 bridgehead atoms. The Morgan fingerprint density at radius 2 is 1.07 bits per heavy atom. The Hall–Kier alpha value is -0.980. The van der Waals surface area contributed by atoms with E-state index in [1.54, 1.807) is 0 Å². The first kappa shape index (κ1) is 18.7. The molecule has 0 nitrogen and oxygen atoms in total. The lowest BCUT2D eigenvalue weighted by molar-refractivity contribution is 0.308. The van der Waals surface area contributed by atoms with Crippen molar-refractivity contribution in [2.24, 2.45) is 0 Å². The van der Waals surface area contributed by atoms with Gasteiger partial charge in [-0.15, -0.1) is 0 Å². The molecule has 0 aromatic heterocycles. The van der Waals surface area contributed by atoms with Crippen LogP contribution in [-0.2, 0) is 0 Å². The molecule has 0 N–H and O–H groups in total. The van der Waals surface area contributed by atoms with Gasteiger partial charge in [0.05, 0.1) is 0 Å².